The average Bonchev–Trinajstić information content (AvgIpc) is 3.23. The van der Waals surface area contributed by atoms with Crippen LogP contribution in [-0.4, -0.2) is 66.8 Å². The van der Waals surface area contributed by atoms with Gasteiger partial charge >= 0.3 is 0 Å². The van der Waals surface area contributed by atoms with E-state index < -0.39 is 0 Å². The lowest BCUT2D eigenvalue weighted by molar-refractivity contribution is -0.132. The van der Waals surface area contributed by atoms with Gasteiger partial charge in [-0.1, -0.05) is 30.3 Å². The van der Waals surface area contributed by atoms with E-state index in [0.717, 1.165) is 41.0 Å². The van der Waals surface area contributed by atoms with Crippen LogP contribution < -0.4 is 10.2 Å². The molecule has 2 saturated heterocycles. The quantitative estimate of drug-likeness (QED) is 0.738. The molecule has 0 spiro atoms. The predicted octanol–water partition coefficient (Wildman–Crippen LogP) is 2.76. The summed E-state index contributed by atoms with van der Waals surface area (Å²) in [5.74, 6) is 0.239. The summed E-state index contributed by atoms with van der Waals surface area (Å²) in [4.78, 5) is 43.0. The Kier molecular flexibility index (Phi) is 7.08. The SMILES string of the molecule is Cc1cccc(C)c1NC(=O)CN1CCN(C(=O)Cc2ccc(N3CCCC3=O)cc2)CC1. The van der Waals surface area contributed by atoms with E-state index in [9.17, 15) is 14.4 Å². The van der Waals surface area contributed by atoms with Crippen molar-refractivity contribution < 1.29 is 14.4 Å². The van der Waals surface area contributed by atoms with Gasteiger partial charge in [0.1, 0.15) is 0 Å². The van der Waals surface area contributed by atoms with E-state index in [1.807, 2.05) is 61.2 Å². The van der Waals surface area contributed by atoms with Crippen LogP contribution in [0.1, 0.15) is 29.5 Å². The predicted molar refractivity (Wildman–Crippen MR) is 129 cm³/mol. The molecule has 174 valence electrons. The molecule has 7 nitrogen and oxygen atoms in total. The van der Waals surface area contributed by atoms with Crippen LogP contribution in [0.2, 0.25) is 0 Å². The molecule has 2 aromatic carbocycles. The first kappa shape index (κ1) is 23.0. The second kappa shape index (κ2) is 10.2. The second-order valence-electron chi connectivity index (χ2n) is 8.96. The fraction of sp³-hybridized carbons (Fsp3) is 0.423. The van der Waals surface area contributed by atoms with Gasteiger partial charge in [-0.25, -0.2) is 0 Å². The van der Waals surface area contributed by atoms with Crippen molar-refractivity contribution in [3.63, 3.8) is 0 Å². The van der Waals surface area contributed by atoms with Gasteiger partial charge in [0.2, 0.25) is 17.7 Å². The van der Waals surface area contributed by atoms with Gasteiger partial charge in [-0.15, -0.1) is 0 Å². The summed E-state index contributed by atoms with van der Waals surface area (Å²) in [6, 6.07) is 13.7. The number of carbonyl (C=O) groups excluding carboxylic acids is 3. The summed E-state index contributed by atoms with van der Waals surface area (Å²) in [5.41, 5.74) is 4.85. The van der Waals surface area contributed by atoms with Gasteiger partial charge in [0.15, 0.2) is 0 Å². The first-order valence-corrected chi connectivity index (χ1v) is 11.7. The normalized spacial score (nSPS) is 16.8. The van der Waals surface area contributed by atoms with Crippen LogP contribution in [0.5, 0.6) is 0 Å². The van der Waals surface area contributed by atoms with E-state index in [-0.39, 0.29) is 17.7 Å². The third-order valence-electron chi connectivity index (χ3n) is 6.51. The highest BCUT2D eigenvalue weighted by Gasteiger charge is 2.24. The Morgan fingerprint density at radius 1 is 0.909 bits per heavy atom. The van der Waals surface area contributed by atoms with Crippen LogP contribution in [0.25, 0.3) is 0 Å². The Balaban J connectivity index is 1.23. The Morgan fingerprint density at radius 2 is 1.58 bits per heavy atom. The molecule has 1 N–H and O–H groups in total. The molecule has 0 aliphatic carbocycles. The molecule has 4 rings (SSSR count). The molecule has 2 fully saturated rings. The van der Waals surface area contributed by atoms with Gasteiger partial charge in [-0.3, -0.25) is 19.3 Å². The molecule has 0 bridgehead atoms. The lowest BCUT2D eigenvalue weighted by atomic mass is 10.1. The van der Waals surface area contributed by atoms with Gasteiger partial charge in [0.05, 0.1) is 13.0 Å². The van der Waals surface area contributed by atoms with E-state index in [0.29, 0.717) is 45.6 Å². The fourth-order valence-corrected chi connectivity index (χ4v) is 4.55. The average molecular weight is 449 g/mol. The van der Waals surface area contributed by atoms with E-state index in [4.69, 9.17) is 0 Å². The maximum absolute atomic E-state index is 12.8. The molecule has 2 heterocycles. The lowest BCUT2D eigenvalue weighted by Gasteiger charge is -2.34. The van der Waals surface area contributed by atoms with Crippen molar-refractivity contribution >= 4 is 29.1 Å². The Labute approximate surface area is 195 Å². The van der Waals surface area contributed by atoms with E-state index >= 15 is 0 Å². The molecule has 0 atom stereocenters. The topological polar surface area (TPSA) is 73.0 Å². The zero-order chi connectivity index (χ0) is 23.4. The monoisotopic (exact) mass is 448 g/mol. The summed E-state index contributed by atoms with van der Waals surface area (Å²) >= 11 is 0. The van der Waals surface area contributed by atoms with Crippen molar-refractivity contribution in [2.45, 2.75) is 33.1 Å². The van der Waals surface area contributed by atoms with Gasteiger partial charge in [0.25, 0.3) is 0 Å². The lowest BCUT2D eigenvalue weighted by Crippen LogP contribution is -2.50. The number of rotatable bonds is 6. The smallest absolute Gasteiger partial charge is 0.238 e. The molecular formula is C26H32N4O3. The third kappa shape index (κ3) is 5.60. The second-order valence-corrected chi connectivity index (χ2v) is 8.96. The van der Waals surface area contributed by atoms with Crippen LogP contribution in [0, 0.1) is 13.8 Å². The Hall–Kier alpha value is -3.19. The minimum absolute atomic E-state index is 0.0243. The minimum Gasteiger partial charge on any atom is -0.340 e. The van der Waals surface area contributed by atoms with Gasteiger partial charge in [-0.05, 0) is 49.1 Å². The number of hydrogen-bond acceptors (Lipinski definition) is 4. The number of benzene rings is 2. The maximum Gasteiger partial charge on any atom is 0.238 e. The molecule has 2 aromatic rings. The highest BCUT2D eigenvalue weighted by atomic mass is 16.2. The standard InChI is InChI=1S/C26H32N4O3/c1-19-5-3-6-20(2)26(19)27-23(31)18-28-13-15-29(16-14-28)25(33)17-21-8-10-22(11-9-21)30-12-4-7-24(30)32/h3,5-6,8-11H,4,7,12-18H2,1-2H3,(H,27,31). The zero-order valence-electron chi connectivity index (χ0n) is 19.5. The largest absolute Gasteiger partial charge is 0.340 e. The number of para-hydroxylation sites is 1. The molecular weight excluding hydrogens is 416 g/mol. The van der Waals surface area contributed by atoms with Crippen molar-refractivity contribution in [2.24, 2.45) is 0 Å². The number of amides is 3. The highest BCUT2D eigenvalue weighted by molar-refractivity contribution is 5.95. The number of anilines is 2. The number of hydrogen-bond donors (Lipinski definition) is 1. The first-order valence-electron chi connectivity index (χ1n) is 11.7. The molecule has 0 aromatic heterocycles. The summed E-state index contributed by atoms with van der Waals surface area (Å²) in [6.45, 7) is 7.69. The third-order valence-corrected chi connectivity index (χ3v) is 6.51. The van der Waals surface area contributed by atoms with Crippen molar-refractivity contribution in [1.29, 1.82) is 0 Å². The van der Waals surface area contributed by atoms with Crippen molar-refractivity contribution in [3.05, 3.63) is 59.2 Å². The zero-order valence-corrected chi connectivity index (χ0v) is 19.5. The van der Waals surface area contributed by atoms with Gasteiger partial charge in [0, 0.05) is 50.5 Å². The first-order chi connectivity index (χ1) is 15.9. The summed E-state index contributed by atoms with van der Waals surface area (Å²) in [7, 11) is 0. The van der Waals surface area contributed by atoms with Gasteiger partial charge in [-0.2, -0.15) is 0 Å². The van der Waals surface area contributed by atoms with E-state index in [2.05, 4.69) is 10.2 Å². The highest BCUT2D eigenvalue weighted by Crippen LogP contribution is 2.22. The van der Waals surface area contributed by atoms with Crippen LogP contribution in [0.15, 0.2) is 42.5 Å². The number of piperazine rings is 1. The van der Waals surface area contributed by atoms with E-state index in [1.165, 1.54) is 0 Å². The van der Waals surface area contributed by atoms with Crippen LogP contribution >= 0.6 is 0 Å². The molecule has 7 heteroatoms. The number of aryl methyl sites for hydroxylation is 2. The van der Waals surface area contributed by atoms with Crippen molar-refractivity contribution in [2.75, 3.05) is 49.5 Å². The molecule has 2 aliphatic rings. The number of nitrogens with zero attached hydrogens (tertiary/aromatic N) is 3. The minimum atomic E-state index is -0.0243. The maximum atomic E-state index is 12.8. The van der Waals surface area contributed by atoms with Crippen LogP contribution in [-0.2, 0) is 20.8 Å². The molecule has 33 heavy (non-hydrogen) atoms. The van der Waals surface area contributed by atoms with Crippen molar-refractivity contribution in [1.82, 2.24) is 9.80 Å². The number of carbonyl (C=O) groups is 3. The molecule has 0 radical (unpaired) electrons. The van der Waals surface area contributed by atoms with Gasteiger partial charge < -0.3 is 15.1 Å². The molecule has 3 amide bonds. The summed E-state index contributed by atoms with van der Waals surface area (Å²) in [5, 5.41) is 3.03. The molecule has 0 saturated carbocycles. The van der Waals surface area contributed by atoms with Crippen LogP contribution in [0.4, 0.5) is 11.4 Å². The van der Waals surface area contributed by atoms with E-state index in [1.54, 1.807) is 4.90 Å². The molecule has 0 unspecified atom stereocenters. The summed E-state index contributed by atoms with van der Waals surface area (Å²) < 4.78 is 0. The Bertz CT molecular complexity index is 1010. The molecule has 2 aliphatic heterocycles. The van der Waals surface area contributed by atoms with Crippen molar-refractivity contribution in [3.8, 4) is 0 Å². The fourth-order valence-electron chi connectivity index (χ4n) is 4.55. The summed E-state index contributed by atoms with van der Waals surface area (Å²) in [6.07, 6.45) is 1.86. The number of nitrogens with one attached hydrogen (secondary N) is 1. The Morgan fingerprint density at radius 3 is 2.18 bits per heavy atom. The van der Waals surface area contributed by atoms with Crippen LogP contribution in [0.3, 0.4) is 0 Å².